The molecule has 31 heavy (non-hydrogen) atoms. The van der Waals surface area contributed by atoms with Gasteiger partial charge in [0.2, 0.25) is 5.75 Å². The summed E-state index contributed by atoms with van der Waals surface area (Å²) >= 11 is 5.08. The van der Waals surface area contributed by atoms with E-state index in [0.717, 1.165) is 23.0 Å². The molecule has 2 unspecified atom stereocenters. The van der Waals surface area contributed by atoms with E-state index in [4.69, 9.17) is 26.4 Å². The Hall–Kier alpha value is -3.04. The molecule has 1 aliphatic rings. The van der Waals surface area contributed by atoms with Gasteiger partial charge in [-0.2, -0.15) is 0 Å². The maximum Gasteiger partial charge on any atom is 0.251 e. The highest BCUT2D eigenvalue weighted by Gasteiger charge is 2.38. The minimum absolute atomic E-state index is 0.110. The van der Waals surface area contributed by atoms with Crippen molar-refractivity contribution in [3.63, 3.8) is 0 Å². The van der Waals surface area contributed by atoms with Crippen LogP contribution in [0.3, 0.4) is 0 Å². The van der Waals surface area contributed by atoms with E-state index in [9.17, 15) is 4.79 Å². The lowest BCUT2D eigenvalue weighted by Crippen LogP contribution is -2.33. The molecule has 4 N–H and O–H groups in total. The average molecular weight is 443 g/mol. The molecule has 9 heteroatoms. The predicted octanol–water partition coefficient (Wildman–Crippen LogP) is 3.13. The molecule has 1 aliphatic carbocycles. The van der Waals surface area contributed by atoms with E-state index in [0.29, 0.717) is 52.6 Å². The number of aromatic amines is 2. The van der Waals surface area contributed by atoms with Crippen LogP contribution < -0.4 is 24.8 Å². The maximum absolute atomic E-state index is 12.4. The zero-order chi connectivity index (χ0) is 22.0. The van der Waals surface area contributed by atoms with Gasteiger partial charge >= 0.3 is 0 Å². The van der Waals surface area contributed by atoms with E-state index < -0.39 is 0 Å². The van der Waals surface area contributed by atoms with Gasteiger partial charge in [0.25, 0.3) is 5.91 Å². The maximum atomic E-state index is 12.4. The van der Waals surface area contributed by atoms with Gasteiger partial charge in [0, 0.05) is 30.6 Å². The molecule has 4 rings (SSSR count). The summed E-state index contributed by atoms with van der Waals surface area (Å²) in [7, 11) is 4.84. The first-order chi connectivity index (χ1) is 15.0. The standard InChI is InChI=1S/C22H26N4O4S/c1-28-18-9-13(10-19(29-2)20(18)30-3)14-11-16(14)23-6-7-24-21(27)12-4-5-15-17(8-12)26-22(31)25-15/h4-5,8-10,14,16,23H,6-7,11H2,1-3H3,(H,24,27)(H2,25,26,31). The van der Waals surface area contributed by atoms with Gasteiger partial charge in [-0.05, 0) is 54.5 Å². The molecular formula is C22H26N4O4S. The fourth-order valence-corrected chi connectivity index (χ4v) is 4.03. The van der Waals surface area contributed by atoms with Crippen molar-refractivity contribution in [3.8, 4) is 17.2 Å². The number of aromatic nitrogens is 2. The number of carbonyl (C=O) groups is 1. The third-order valence-corrected chi connectivity index (χ3v) is 5.71. The number of nitrogens with one attached hydrogen (secondary N) is 4. The minimum atomic E-state index is -0.110. The molecule has 1 heterocycles. The van der Waals surface area contributed by atoms with Gasteiger partial charge in [-0.25, -0.2) is 0 Å². The summed E-state index contributed by atoms with van der Waals surface area (Å²) in [6.45, 7) is 1.23. The van der Waals surface area contributed by atoms with E-state index in [2.05, 4.69) is 20.6 Å². The fourth-order valence-electron chi connectivity index (χ4n) is 3.81. The predicted molar refractivity (Wildman–Crippen MR) is 121 cm³/mol. The van der Waals surface area contributed by atoms with Crippen LogP contribution in [0.2, 0.25) is 0 Å². The summed E-state index contributed by atoms with van der Waals surface area (Å²) < 4.78 is 16.8. The molecule has 8 nitrogen and oxygen atoms in total. The first-order valence-electron chi connectivity index (χ1n) is 10.1. The van der Waals surface area contributed by atoms with Gasteiger partial charge in [0.05, 0.1) is 32.4 Å². The van der Waals surface area contributed by atoms with Crippen LogP contribution in [-0.4, -0.2) is 56.3 Å². The van der Waals surface area contributed by atoms with Crippen molar-refractivity contribution >= 4 is 29.2 Å². The van der Waals surface area contributed by atoms with Gasteiger partial charge in [-0.3, -0.25) is 4.79 Å². The number of hydrogen-bond donors (Lipinski definition) is 4. The Kier molecular flexibility index (Phi) is 6.15. The smallest absolute Gasteiger partial charge is 0.251 e. The highest BCUT2D eigenvalue weighted by molar-refractivity contribution is 7.71. The van der Waals surface area contributed by atoms with Crippen LogP contribution in [0.4, 0.5) is 0 Å². The second-order valence-electron chi connectivity index (χ2n) is 7.46. The number of ether oxygens (including phenoxy) is 3. The number of hydrogen-bond acceptors (Lipinski definition) is 6. The van der Waals surface area contributed by atoms with Crippen LogP contribution in [0, 0.1) is 4.77 Å². The SMILES string of the molecule is COc1cc(C2CC2NCCNC(=O)c2ccc3[nH]c(=S)[nH]c3c2)cc(OC)c1OC. The molecular weight excluding hydrogens is 416 g/mol. The topological polar surface area (TPSA) is 100 Å². The second-order valence-corrected chi connectivity index (χ2v) is 7.87. The number of fused-ring (bicyclic) bond motifs is 1. The third kappa shape index (κ3) is 4.52. The Morgan fingerprint density at radius 1 is 1.03 bits per heavy atom. The molecule has 0 bridgehead atoms. The lowest BCUT2D eigenvalue weighted by atomic mass is 10.1. The quantitative estimate of drug-likeness (QED) is 0.300. The van der Waals surface area contributed by atoms with Crippen molar-refractivity contribution in [1.82, 2.24) is 20.6 Å². The zero-order valence-corrected chi connectivity index (χ0v) is 18.5. The van der Waals surface area contributed by atoms with Crippen LogP contribution in [0.1, 0.15) is 28.3 Å². The van der Waals surface area contributed by atoms with Crippen molar-refractivity contribution in [2.75, 3.05) is 34.4 Å². The lowest BCUT2D eigenvalue weighted by molar-refractivity contribution is 0.0954. The first kappa shape index (κ1) is 21.2. The van der Waals surface area contributed by atoms with Crippen molar-refractivity contribution in [2.24, 2.45) is 0 Å². The third-order valence-electron chi connectivity index (χ3n) is 5.50. The molecule has 0 aliphatic heterocycles. The first-order valence-corrected chi connectivity index (χ1v) is 10.5. The van der Waals surface area contributed by atoms with Crippen LogP contribution in [0.25, 0.3) is 11.0 Å². The average Bonchev–Trinajstić information content (AvgIpc) is 3.46. The second kappa shape index (κ2) is 8.99. The van der Waals surface area contributed by atoms with Gasteiger partial charge in [-0.15, -0.1) is 0 Å². The molecule has 1 saturated carbocycles. The molecule has 0 radical (unpaired) electrons. The van der Waals surface area contributed by atoms with Crippen molar-refractivity contribution in [3.05, 3.63) is 46.2 Å². The van der Waals surface area contributed by atoms with Crippen LogP contribution in [-0.2, 0) is 0 Å². The molecule has 0 saturated heterocycles. The Morgan fingerprint density at radius 2 is 1.74 bits per heavy atom. The molecule has 2 atom stereocenters. The number of carbonyl (C=O) groups excluding carboxylic acids is 1. The van der Waals surface area contributed by atoms with Gasteiger partial charge in [0.15, 0.2) is 16.3 Å². The van der Waals surface area contributed by atoms with Gasteiger partial charge < -0.3 is 34.8 Å². The van der Waals surface area contributed by atoms with E-state index in [1.807, 2.05) is 18.2 Å². The van der Waals surface area contributed by atoms with Gasteiger partial charge in [-0.1, -0.05) is 0 Å². The number of benzene rings is 2. The van der Waals surface area contributed by atoms with Crippen LogP contribution in [0.5, 0.6) is 17.2 Å². The normalized spacial score (nSPS) is 17.4. The molecule has 1 fully saturated rings. The van der Waals surface area contributed by atoms with E-state index in [1.165, 1.54) is 0 Å². The zero-order valence-electron chi connectivity index (χ0n) is 17.7. The Balaban J connectivity index is 1.28. The number of rotatable bonds is 9. The molecule has 2 aromatic carbocycles. The number of amides is 1. The highest BCUT2D eigenvalue weighted by Crippen LogP contribution is 2.47. The van der Waals surface area contributed by atoms with Crippen molar-refractivity contribution in [1.29, 1.82) is 0 Å². The number of imidazole rings is 1. The summed E-state index contributed by atoms with van der Waals surface area (Å²) in [6, 6.07) is 9.78. The highest BCUT2D eigenvalue weighted by atomic mass is 32.1. The Bertz CT molecular complexity index is 1130. The molecule has 1 aromatic heterocycles. The molecule has 3 aromatic rings. The van der Waals surface area contributed by atoms with Crippen LogP contribution in [0.15, 0.2) is 30.3 Å². The van der Waals surface area contributed by atoms with Crippen molar-refractivity contribution in [2.45, 2.75) is 18.4 Å². The molecule has 1 amide bonds. The van der Waals surface area contributed by atoms with E-state index in [1.54, 1.807) is 33.5 Å². The fraction of sp³-hybridized carbons (Fsp3) is 0.364. The Morgan fingerprint density at radius 3 is 2.42 bits per heavy atom. The lowest BCUT2D eigenvalue weighted by Gasteiger charge is -2.14. The van der Waals surface area contributed by atoms with Gasteiger partial charge in [0.1, 0.15) is 0 Å². The Labute approximate surface area is 185 Å². The summed E-state index contributed by atoms with van der Waals surface area (Å²) in [5.74, 6) is 2.19. The molecule has 164 valence electrons. The minimum Gasteiger partial charge on any atom is -0.493 e. The summed E-state index contributed by atoms with van der Waals surface area (Å²) in [5.41, 5.74) is 3.45. The summed E-state index contributed by atoms with van der Waals surface area (Å²) in [4.78, 5) is 18.5. The summed E-state index contributed by atoms with van der Waals surface area (Å²) in [5, 5.41) is 6.45. The number of H-pyrrole nitrogens is 2. The van der Waals surface area contributed by atoms with E-state index in [-0.39, 0.29) is 5.91 Å². The largest absolute Gasteiger partial charge is 0.493 e. The molecule has 0 spiro atoms. The number of methoxy groups -OCH3 is 3. The van der Waals surface area contributed by atoms with E-state index >= 15 is 0 Å². The monoisotopic (exact) mass is 442 g/mol. The van der Waals surface area contributed by atoms with Crippen molar-refractivity contribution < 1.29 is 19.0 Å². The van der Waals surface area contributed by atoms with Crippen LogP contribution >= 0.6 is 12.2 Å². The summed E-state index contributed by atoms with van der Waals surface area (Å²) in [6.07, 6.45) is 1.02.